The van der Waals surface area contributed by atoms with Crippen LogP contribution in [-0.2, 0) is 4.79 Å². The van der Waals surface area contributed by atoms with Crippen LogP contribution in [0.3, 0.4) is 0 Å². The Kier molecular flexibility index (Phi) is 3.30. The molecule has 1 aromatic heterocycles. The molecule has 16 heavy (non-hydrogen) atoms. The van der Waals surface area contributed by atoms with Crippen LogP contribution in [0.1, 0.15) is 35.6 Å². The van der Waals surface area contributed by atoms with Crippen molar-refractivity contribution in [3.8, 4) is 0 Å². The predicted molar refractivity (Wildman–Crippen MR) is 66.4 cm³/mol. The monoisotopic (exact) mass is 238 g/mol. The molecule has 1 aliphatic heterocycles. The highest BCUT2D eigenvalue weighted by molar-refractivity contribution is 7.12. The maximum Gasteiger partial charge on any atom is 0.224 e. The molecule has 0 unspecified atom stereocenters. The third kappa shape index (κ3) is 1.99. The average Bonchev–Trinajstić information content (AvgIpc) is 2.73. The fourth-order valence-electron chi connectivity index (χ4n) is 2.30. The summed E-state index contributed by atoms with van der Waals surface area (Å²) in [6.07, 6.45) is 1.47. The van der Waals surface area contributed by atoms with E-state index in [1.165, 1.54) is 9.75 Å². The van der Waals surface area contributed by atoms with E-state index < -0.39 is 0 Å². The first-order chi connectivity index (χ1) is 7.63. The van der Waals surface area contributed by atoms with E-state index >= 15 is 0 Å². The van der Waals surface area contributed by atoms with E-state index in [2.05, 4.69) is 26.0 Å². The van der Waals surface area contributed by atoms with Crippen molar-refractivity contribution in [2.24, 2.45) is 5.73 Å². The molecule has 0 aliphatic carbocycles. The van der Waals surface area contributed by atoms with E-state index in [1.54, 1.807) is 11.3 Å². The molecule has 2 N–H and O–H groups in total. The van der Waals surface area contributed by atoms with E-state index in [0.717, 1.165) is 13.0 Å². The summed E-state index contributed by atoms with van der Waals surface area (Å²) in [5.41, 5.74) is 6.08. The van der Waals surface area contributed by atoms with Gasteiger partial charge in [-0.15, -0.1) is 11.3 Å². The van der Waals surface area contributed by atoms with Crippen molar-refractivity contribution in [2.45, 2.75) is 38.8 Å². The molecule has 1 saturated heterocycles. The maximum absolute atomic E-state index is 11.8. The van der Waals surface area contributed by atoms with Crippen LogP contribution in [0.4, 0.5) is 0 Å². The summed E-state index contributed by atoms with van der Waals surface area (Å²) in [5, 5.41) is 0. The summed E-state index contributed by atoms with van der Waals surface area (Å²) in [6, 6.07) is 4.26. The van der Waals surface area contributed by atoms with Crippen molar-refractivity contribution < 1.29 is 4.79 Å². The number of thiophene rings is 1. The van der Waals surface area contributed by atoms with E-state index in [-0.39, 0.29) is 18.0 Å². The Hall–Kier alpha value is -0.870. The second-order valence-electron chi connectivity index (χ2n) is 4.35. The molecule has 1 aromatic rings. The van der Waals surface area contributed by atoms with Gasteiger partial charge in [0.2, 0.25) is 5.91 Å². The van der Waals surface area contributed by atoms with Gasteiger partial charge in [0.15, 0.2) is 0 Å². The fraction of sp³-hybridized carbons (Fsp3) is 0.583. The Balaban J connectivity index is 2.26. The normalized spacial score (nSPS) is 25.4. The van der Waals surface area contributed by atoms with Crippen LogP contribution in [0.15, 0.2) is 12.1 Å². The van der Waals surface area contributed by atoms with Crippen molar-refractivity contribution >= 4 is 17.2 Å². The molecule has 4 heteroatoms. The third-order valence-electron chi connectivity index (χ3n) is 2.99. The van der Waals surface area contributed by atoms with Crippen LogP contribution in [0.5, 0.6) is 0 Å². The summed E-state index contributed by atoms with van der Waals surface area (Å²) in [5.74, 6) is 0.199. The largest absolute Gasteiger partial charge is 0.333 e. The zero-order valence-corrected chi connectivity index (χ0v) is 10.6. The molecule has 2 heterocycles. The first-order valence-corrected chi connectivity index (χ1v) is 6.56. The number of nitrogens with two attached hydrogens (primary N) is 1. The number of hydrogen-bond acceptors (Lipinski definition) is 3. The van der Waals surface area contributed by atoms with Crippen molar-refractivity contribution in [3.05, 3.63) is 21.9 Å². The van der Waals surface area contributed by atoms with Crippen molar-refractivity contribution in [2.75, 3.05) is 6.54 Å². The second-order valence-corrected chi connectivity index (χ2v) is 5.67. The number of likely N-dealkylation sites (tertiary alicyclic amines) is 1. The molecule has 3 nitrogen and oxygen atoms in total. The van der Waals surface area contributed by atoms with Crippen LogP contribution in [0.25, 0.3) is 0 Å². The first kappa shape index (κ1) is 11.6. The predicted octanol–water partition coefficient (Wildman–Crippen LogP) is 2.07. The zero-order valence-electron chi connectivity index (χ0n) is 9.77. The quantitative estimate of drug-likeness (QED) is 0.876. The van der Waals surface area contributed by atoms with Gasteiger partial charge in [-0.1, -0.05) is 6.92 Å². The average molecular weight is 238 g/mol. The van der Waals surface area contributed by atoms with Gasteiger partial charge in [-0.05, 0) is 25.5 Å². The van der Waals surface area contributed by atoms with Crippen molar-refractivity contribution in [3.63, 3.8) is 0 Å². The van der Waals surface area contributed by atoms with Gasteiger partial charge < -0.3 is 10.6 Å². The van der Waals surface area contributed by atoms with Crippen molar-refractivity contribution in [1.82, 2.24) is 4.90 Å². The second kappa shape index (κ2) is 4.55. The molecule has 0 bridgehead atoms. The van der Waals surface area contributed by atoms with E-state index in [4.69, 9.17) is 5.73 Å². The van der Waals surface area contributed by atoms with Gasteiger partial charge in [0, 0.05) is 28.8 Å². The van der Waals surface area contributed by atoms with Gasteiger partial charge in [0.1, 0.15) is 0 Å². The lowest BCUT2D eigenvalue weighted by Crippen LogP contribution is -2.33. The lowest BCUT2D eigenvalue weighted by molar-refractivity contribution is -0.129. The molecule has 2 atom stereocenters. The highest BCUT2D eigenvalue weighted by Gasteiger charge is 2.38. The van der Waals surface area contributed by atoms with Gasteiger partial charge in [-0.2, -0.15) is 0 Å². The number of amides is 1. The van der Waals surface area contributed by atoms with Crippen LogP contribution < -0.4 is 5.73 Å². The van der Waals surface area contributed by atoms with Crippen molar-refractivity contribution in [1.29, 1.82) is 0 Å². The molecule has 1 fully saturated rings. The molecular weight excluding hydrogens is 220 g/mol. The Morgan fingerprint density at radius 3 is 2.88 bits per heavy atom. The number of carbonyl (C=O) groups is 1. The number of aryl methyl sites for hydroxylation is 1. The highest BCUT2D eigenvalue weighted by Crippen LogP contribution is 2.35. The van der Waals surface area contributed by atoms with E-state index in [0.29, 0.717) is 6.42 Å². The smallest absolute Gasteiger partial charge is 0.224 e. The number of hydrogen-bond donors (Lipinski definition) is 1. The topological polar surface area (TPSA) is 46.3 Å². The van der Waals surface area contributed by atoms with Gasteiger partial charge >= 0.3 is 0 Å². The summed E-state index contributed by atoms with van der Waals surface area (Å²) < 4.78 is 0. The van der Waals surface area contributed by atoms with Crippen LogP contribution >= 0.6 is 11.3 Å². The molecule has 1 aliphatic rings. The molecule has 1 amide bonds. The van der Waals surface area contributed by atoms with Gasteiger partial charge in [-0.3, -0.25) is 4.79 Å². The summed E-state index contributed by atoms with van der Waals surface area (Å²) in [6.45, 7) is 4.99. The lowest BCUT2D eigenvalue weighted by atomic mass is 10.1. The highest BCUT2D eigenvalue weighted by atomic mass is 32.1. The Morgan fingerprint density at radius 1 is 1.56 bits per heavy atom. The first-order valence-electron chi connectivity index (χ1n) is 5.75. The van der Waals surface area contributed by atoms with Crippen LogP contribution in [0.2, 0.25) is 0 Å². The Labute approximate surface area is 100 Å². The summed E-state index contributed by atoms with van der Waals surface area (Å²) >= 11 is 1.75. The fourth-order valence-corrected chi connectivity index (χ4v) is 3.37. The van der Waals surface area contributed by atoms with Gasteiger partial charge in [0.05, 0.1) is 6.04 Å². The van der Waals surface area contributed by atoms with Crippen LogP contribution in [0, 0.1) is 6.92 Å². The maximum atomic E-state index is 11.8. The summed E-state index contributed by atoms with van der Waals surface area (Å²) in [7, 11) is 0. The number of nitrogens with zero attached hydrogens (tertiary/aromatic N) is 1. The van der Waals surface area contributed by atoms with Gasteiger partial charge in [0.25, 0.3) is 0 Å². The Bertz CT molecular complexity index is 388. The summed E-state index contributed by atoms with van der Waals surface area (Å²) in [4.78, 5) is 16.3. The third-order valence-corrected chi connectivity index (χ3v) is 4.06. The minimum atomic E-state index is -0.0444. The lowest BCUT2D eigenvalue weighted by Gasteiger charge is -2.25. The molecule has 88 valence electrons. The molecular formula is C12H18N2OS. The number of carbonyl (C=O) groups excluding carboxylic acids is 1. The minimum Gasteiger partial charge on any atom is -0.333 e. The van der Waals surface area contributed by atoms with E-state index in [1.807, 2.05) is 4.90 Å². The Morgan fingerprint density at radius 2 is 2.31 bits per heavy atom. The zero-order chi connectivity index (χ0) is 11.7. The standard InChI is InChI=1S/C12H18N2OS/c1-3-6-14-11(15)7-9(13)12(14)10-5-4-8(2)16-10/h4-5,9,12H,3,6-7,13H2,1-2H3/t9-,12-/m0/s1. The van der Waals surface area contributed by atoms with Crippen LogP contribution in [-0.4, -0.2) is 23.4 Å². The molecule has 0 radical (unpaired) electrons. The SMILES string of the molecule is CCCN1C(=O)C[C@H](N)[C@H]1c1ccc(C)s1. The molecule has 0 spiro atoms. The minimum absolute atomic E-state index is 0.0444. The molecule has 0 saturated carbocycles. The molecule has 0 aromatic carbocycles. The van der Waals surface area contributed by atoms with Gasteiger partial charge in [-0.25, -0.2) is 0 Å². The van der Waals surface area contributed by atoms with E-state index in [9.17, 15) is 4.79 Å². The molecule has 2 rings (SSSR count). The number of rotatable bonds is 3.